The Balaban J connectivity index is 1.78. The molecule has 0 radical (unpaired) electrons. The lowest BCUT2D eigenvalue weighted by molar-refractivity contribution is -0.141. The molecule has 0 saturated carbocycles. The topological polar surface area (TPSA) is 71.8 Å². The van der Waals surface area contributed by atoms with E-state index in [9.17, 15) is 18.0 Å². The third-order valence-electron chi connectivity index (χ3n) is 3.09. The van der Waals surface area contributed by atoms with Crippen molar-refractivity contribution >= 4 is 35.0 Å². The van der Waals surface area contributed by atoms with Gasteiger partial charge in [-0.1, -0.05) is 35.0 Å². The van der Waals surface area contributed by atoms with E-state index < -0.39 is 17.4 Å². The quantitative estimate of drug-likeness (QED) is 0.471. The lowest BCUT2D eigenvalue weighted by atomic mass is 10.2. The van der Waals surface area contributed by atoms with Crippen molar-refractivity contribution < 1.29 is 17.6 Å². The first-order chi connectivity index (χ1) is 12.2. The number of benzene rings is 1. The maximum absolute atomic E-state index is 12.7. The highest BCUT2D eigenvalue weighted by Gasteiger charge is 2.33. The minimum Gasteiger partial charge on any atom is -0.440 e. The molecule has 1 aromatic carbocycles. The summed E-state index contributed by atoms with van der Waals surface area (Å²) in [5.74, 6) is 0.641. The van der Waals surface area contributed by atoms with E-state index in [4.69, 9.17) is 27.6 Å². The van der Waals surface area contributed by atoms with Crippen molar-refractivity contribution in [3.8, 4) is 11.3 Å². The summed E-state index contributed by atoms with van der Waals surface area (Å²) in [7, 11) is 0. The van der Waals surface area contributed by atoms with Gasteiger partial charge in [-0.15, -0.1) is 0 Å². The van der Waals surface area contributed by atoms with E-state index in [0.29, 0.717) is 27.4 Å². The molecule has 0 bridgehead atoms. The number of alkyl halides is 3. The van der Waals surface area contributed by atoms with Gasteiger partial charge in [0.15, 0.2) is 16.6 Å². The van der Waals surface area contributed by atoms with E-state index in [1.54, 1.807) is 18.2 Å². The molecule has 11 heteroatoms. The second kappa shape index (κ2) is 7.34. The smallest absolute Gasteiger partial charge is 0.433 e. The van der Waals surface area contributed by atoms with Crippen LogP contribution >= 0.6 is 35.0 Å². The summed E-state index contributed by atoms with van der Waals surface area (Å²) >= 11 is 12.9. The molecule has 0 aliphatic carbocycles. The number of halogens is 5. The van der Waals surface area contributed by atoms with Crippen LogP contribution in [-0.4, -0.2) is 15.0 Å². The number of aromatic nitrogens is 3. The monoisotopic (exact) mass is 421 g/mol. The Morgan fingerprint density at radius 3 is 2.73 bits per heavy atom. The standard InChI is InChI=1S/C15H8Cl2F3N3O2S/c16-7-1-2-9(17)8(3-7)10-5-21-13(25-10)6-26-14-22-11(15(18,19)20)4-12(24)23-14/h1-5H,6H2,(H,22,23,24). The summed E-state index contributed by atoms with van der Waals surface area (Å²) < 4.78 is 43.6. The molecule has 2 heterocycles. The highest BCUT2D eigenvalue weighted by Crippen LogP contribution is 2.32. The molecule has 0 amide bonds. The number of thioether (sulfide) groups is 1. The van der Waals surface area contributed by atoms with Gasteiger partial charge in [-0.05, 0) is 18.2 Å². The number of nitrogens with one attached hydrogen (secondary N) is 1. The van der Waals surface area contributed by atoms with E-state index in [1.807, 2.05) is 0 Å². The van der Waals surface area contributed by atoms with E-state index >= 15 is 0 Å². The molecule has 0 aliphatic heterocycles. The zero-order valence-electron chi connectivity index (χ0n) is 12.6. The molecule has 2 aromatic heterocycles. The maximum atomic E-state index is 12.7. The summed E-state index contributed by atoms with van der Waals surface area (Å²) in [5.41, 5.74) is -1.62. The Morgan fingerprint density at radius 1 is 1.23 bits per heavy atom. The van der Waals surface area contributed by atoms with E-state index in [1.165, 1.54) is 6.20 Å². The average molecular weight is 422 g/mol. The Bertz CT molecular complexity index is 1000. The molecule has 0 spiro atoms. The summed E-state index contributed by atoms with van der Waals surface area (Å²) in [5, 5.41) is 0.682. The minimum atomic E-state index is -4.71. The molecule has 0 aliphatic rings. The molecule has 1 N–H and O–H groups in total. The molecular formula is C15H8Cl2F3N3O2S. The van der Waals surface area contributed by atoms with Crippen LogP contribution in [0.25, 0.3) is 11.3 Å². The molecule has 0 unspecified atom stereocenters. The number of nitrogens with zero attached hydrogens (tertiary/aromatic N) is 2. The van der Waals surface area contributed by atoms with Crippen molar-refractivity contribution in [1.29, 1.82) is 0 Å². The first kappa shape index (κ1) is 18.8. The van der Waals surface area contributed by atoms with Crippen molar-refractivity contribution in [3.05, 3.63) is 62.4 Å². The zero-order valence-corrected chi connectivity index (χ0v) is 14.9. The van der Waals surface area contributed by atoms with Crippen molar-refractivity contribution in [2.75, 3.05) is 0 Å². The van der Waals surface area contributed by atoms with Crippen LogP contribution in [0, 0.1) is 0 Å². The maximum Gasteiger partial charge on any atom is 0.433 e. The lowest BCUT2D eigenvalue weighted by Crippen LogP contribution is -2.16. The predicted molar refractivity (Wildman–Crippen MR) is 91.4 cm³/mol. The van der Waals surface area contributed by atoms with Gasteiger partial charge in [0.05, 0.1) is 17.0 Å². The molecule has 0 fully saturated rings. The van der Waals surface area contributed by atoms with Crippen LogP contribution in [0.1, 0.15) is 11.6 Å². The normalized spacial score (nSPS) is 11.7. The Kier molecular flexibility index (Phi) is 5.31. The van der Waals surface area contributed by atoms with Gasteiger partial charge in [0.25, 0.3) is 5.56 Å². The van der Waals surface area contributed by atoms with Crippen molar-refractivity contribution in [2.45, 2.75) is 17.1 Å². The van der Waals surface area contributed by atoms with Gasteiger partial charge in [0.1, 0.15) is 0 Å². The fraction of sp³-hybridized carbons (Fsp3) is 0.133. The Morgan fingerprint density at radius 2 is 2.00 bits per heavy atom. The number of hydrogen-bond donors (Lipinski definition) is 1. The SMILES string of the molecule is O=c1cc(C(F)(F)F)nc(SCc2ncc(-c3cc(Cl)ccc3Cl)o2)[nH]1. The van der Waals surface area contributed by atoms with Gasteiger partial charge >= 0.3 is 6.18 Å². The molecule has 26 heavy (non-hydrogen) atoms. The van der Waals surface area contributed by atoms with Gasteiger partial charge in [0, 0.05) is 16.7 Å². The zero-order chi connectivity index (χ0) is 18.9. The molecular weight excluding hydrogens is 414 g/mol. The van der Waals surface area contributed by atoms with E-state index in [2.05, 4.69) is 15.0 Å². The first-order valence-electron chi connectivity index (χ1n) is 6.94. The second-order valence-electron chi connectivity index (χ2n) is 4.96. The van der Waals surface area contributed by atoms with Crippen molar-refractivity contribution in [2.24, 2.45) is 0 Å². The molecule has 5 nitrogen and oxygen atoms in total. The fourth-order valence-corrected chi connectivity index (χ4v) is 3.08. The average Bonchev–Trinajstić information content (AvgIpc) is 3.03. The largest absolute Gasteiger partial charge is 0.440 e. The predicted octanol–water partition coefficient (Wildman–Crippen LogP) is 5.04. The van der Waals surface area contributed by atoms with Crippen molar-refractivity contribution in [1.82, 2.24) is 15.0 Å². The van der Waals surface area contributed by atoms with Crippen LogP contribution < -0.4 is 5.56 Å². The minimum absolute atomic E-state index is 0.0580. The molecule has 3 rings (SSSR count). The first-order valence-corrected chi connectivity index (χ1v) is 8.68. The van der Waals surface area contributed by atoms with E-state index in [-0.39, 0.29) is 16.8 Å². The highest BCUT2D eigenvalue weighted by molar-refractivity contribution is 7.98. The number of rotatable bonds is 4. The van der Waals surface area contributed by atoms with Crippen LogP contribution in [-0.2, 0) is 11.9 Å². The van der Waals surface area contributed by atoms with E-state index in [0.717, 1.165) is 11.8 Å². The van der Waals surface area contributed by atoms with Crippen molar-refractivity contribution in [3.63, 3.8) is 0 Å². The van der Waals surface area contributed by atoms with Crippen LogP contribution in [0.2, 0.25) is 10.0 Å². The Labute approximate surface area is 158 Å². The lowest BCUT2D eigenvalue weighted by Gasteiger charge is -2.06. The second-order valence-corrected chi connectivity index (χ2v) is 6.77. The summed E-state index contributed by atoms with van der Waals surface area (Å²) in [4.78, 5) is 21.0. The molecule has 0 atom stereocenters. The highest BCUT2D eigenvalue weighted by atomic mass is 35.5. The van der Waals surface area contributed by atoms with Crippen LogP contribution in [0.4, 0.5) is 13.2 Å². The van der Waals surface area contributed by atoms with Crippen LogP contribution in [0.5, 0.6) is 0 Å². The van der Waals surface area contributed by atoms with Gasteiger partial charge < -0.3 is 9.40 Å². The number of H-pyrrole nitrogens is 1. The fourth-order valence-electron chi connectivity index (χ4n) is 1.97. The van der Waals surface area contributed by atoms with Gasteiger partial charge in [0.2, 0.25) is 5.89 Å². The summed E-state index contributed by atoms with van der Waals surface area (Å²) in [6.07, 6.45) is -3.28. The van der Waals surface area contributed by atoms with Gasteiger partial charge in [-0.3, -0.25) is 4.79 Å². The number of aromatic amines is 1. The summed E-state index contributed by atoms with van der Waals surface area (Å²) in [6, 6.07) is 5.23. The molecule has 136 valence electrons. The third-order valence-corrected chi connectivity index (χ3v) is 4.51. The van der Waals surface area contributed by atoms with Crippen LogP contribution in [0.3, 0.4) is 0 Å². The third kappa shape index (κ3) is 4.40. The summed E-state index contributed by atoms with van der Waals surface area (Å²) in [6.45, 7) is 0. The van der Waals surface area contributed by atoms with Gasteiger partial charge in [-0.2, -0.15) is 13.2 Å². The Hall–Kier alpha value is -1.97. The molecule has 0 saturated heterocycles. The number of hydrogen-bond acceptors (Lipinski definition) is 5. The van der Waals surface area contributed by atoms with Gasteiger partial charge in [-0.25, -0.2) is 9.97 Å². The van der Waals surface area contributed by atoms with Crippen LogP contribution in [0.15, 0.2) is 44.8 Å². The number of oxazole rings is 1. The molecule has 3 aromatic rings.